The number of aliphatic hydroxyl groups is 1. The molecule has 4 rings (SSSR count). The summed E-state index contributed by atoms with van der Waals surface area (Å²) >= 11 is 0. The van der Waals surface area contributed by atoms with E-state index in [4.69, 9.17) is 0 Å². The molecule has 2 aromatic heterocycles. The number of aliphatic hydroxyl groups excluding tert-OH is 1. The number of rotatable bonds is 5. The van der Waals surface area contributed by atoms with E-state index in [1.165, 1.54) is 0 Å². The van der Waals surface area contributed by atoms with Crippen LogP contribution in [0.2, 0.25) is 0 Å². The van der Waals surface area contributed by atoms with Crippen LogP contribution in [0.5, 0.6) is 0 Å². The Bertz CT molecular complexity index is 1010. The van der Waals surface area contributed by atoms with Crippen LogP contribution in [0.1, 0.15) is 43.7 Å². The Morgan fingerprint density at radius 2 is 1.83 bits per heavy atom. The SMILES string of the molecule is Cc1ccc(-c2cn([C@H]3CC[C@H](O)CC3)c3nc(NCCC(F)(F)F)ncc23)cc1. The van der Waals surface area contributed by atoms with Crippen molar-refractivity contribution in [2.24, 2.45) is 0 Å². The van der Waals surface area contributed by atoms with E-state index in [-0.39, 0.29) is 24.6 Å². The molecule has 1 aliphatic carbocycles. The van der Waals surface area contributed by atoms with E-state index in [0.29, 0.717) is 5.65 Å². The van der Waals surface area contributed by atoms with Crippen LogP contribution < -0.4 is 5.32 Å². The summed E-state index contributed by atoms with van der Waals surface area (Å²) in [5, 5.41) is 13.4. The molecule has 0 amide bonds. The summed E-state index contributed by atoms with van der Waals surface area (Å²) in [5.74, 6) is 0.192. The molecule has 0 aliphatic heterocycles. The fourth-order valence-corrected chi connectivity index (χ4v) is 4.01. The maximum atomic E-state index is 12.5. The zero-order chi connectivity index (χ0) is 21.3. The first-order valence-electron chi connectivity index (χ1n) is 10.2. The summed E-state index contributed by atoms with van der Waals surface area (Å²) in [6.45, 7) is 1.76. The highest BCUT2D eigenvalue weighted by Gasteiger charge is 2.27. The van der Waals surface area contributed by atoms with Gasteiger partial charge in [0, 0.05) is 35.9 Å². The van der Waals surface area contributed by atoms with Gasteiger partial charge in [-0.1, -0.05) is 29.8 Å². The van der Waals surface area contributed by atoms with Crippen molar-refractivity contribution in [3.63, 3.8) is 0 Å². The lowest BCUT2D eigenvalue weighted by Crippen LogP contribution is -2.21. The molecule has 0 unspecified atom stereocenters. The maximum absolute atomic E-state index is 12.5. The lowest BCUT2D eigenvalue weighted by atomic mass is 9.93. The van der Waals surface area contributed by atoms with Gasteiger partial charge in [0.2, 0.25) is 5.95 Å². The lowest BCUT2D eigenvalue weighted by molar-refractivity contribution is -0.131. The number of anilines is 1. The topological polar surface area (TPSA) is 63.0 Å². The Morgan fingerprint density at radius 3 is 2.50 bits per heavy atom. The van der Waals surface area contributed by atoms with Crippen LogP contribution in [0.3, 0.4) is 0 Å². The number of fused-ring (bicyclic) bond motifs is 1. The molecule has 3 aromatic rings. The zero-order valence-corrected chi connectivity index (χ0v) is 16.8. The van der Waals surface area contributed by atoms with Gasteiger partial charge in [0.05, 0.1) is 12.5 Å². The molecule has 5 nitrogen and oxygen atoms in total. The van der Waals surface area contributed by atoms with Crippen LogP contribution in [0, 0.1) is 6.92 Å². The number of hydrogen-bond donors (Lipinski definition) is 2. The molecule has 1 aliphatic rings. The molecule has 0 radical (unpaired) electrons. The van der Waals surface area contributed by atoms with Gasteiger partial charge in [-0.25, -0.2) is 4.98 Å². The van der Waals surface area contributed by atoms with Gasteiger partial charge in [-0.2, -0.15) is 18.2 Å². The van der Waals surface area contributed by atoms with Crippen LogP contribution in [0.15, 0.2) is 36.7 Å². The van der Waals surface area contributed by atoms with Crippen LogP contribution in [-0.4, -0.2) is 38.5 Å². The molecule has 0 saturated heterocycles. The van der Waals surface area contributed by atoms with E-state index in [1.807, 2.05) is 19.1 Å². The quantitative estimate of drug-likeness (QED) is 0.594. The van der Waals surface area contributed by atoms with Crippen LogP contribution >= 0.6 is 0 Å². The summed E-state index contributed by atoms with van der Waals surface area (Å²) in [4.78, 5) is 8.82. The molecule has 1 fully saturated rings. The van der Waals surface area contributed by atoms with E-state index < -0.39 is 12.6 Å². The van der Waals surface area contributed by atoms with E-state index >= 15 is 0 Å². The normalized spacial score (nSPS) is 19.9. The van der Waals surface area contributed by atoms with E-state index in [9.17, 15) is 18.3 Å². The molecule has 2 heterocycles. The summed E-state index contributed by atoms with van der Waals surface area (Å²) in [6, 6.07) is 8.38. The van der Waals surface area contributed by atoms with Crippen molar-refractivity contribution in [3.8, 4) is 11.1 Å². The molecule has 8 heteroatoms. The van der Waals surface area contributed by atoms with Gasteiger partial charge in [-0.05, 0) is 38.2 Å². The largest absolute Gasteiger partial charge is 0.393 e. The second kappa shape index (κ2) is 8.26. The Labute approximate surface area is 173 Å². The summed E-state index contributed by atoms with van der Waals surface area (Å²) in [7, 11) is 0. The molecule has 0 bridgehead atoms. The van der Waals surface area contributed by atoms with Gasteiger partial charge in [-0.15, -0.1) is 0 Å². The minimum atomic E-state index is -4.22. The first kappa shape index (κ1) is 20.7. The van der Waals surface area contributed by atoms with Crippen molar-refractivity contribution in [1.82, 2.24) is 14.5 Å². The molecule has 1 saturated carbocycles. The monoisotopic (exact) mass is 418 g/mol. The number of aromatic nitrogens is 3. The number of alkyl halides is 3. The van der Waals surface area contributed by atoms with E-state index in [1.54, 1.807) is 6.20 Å². The highest BCUT2D eigenvalue weighted by atomic mass is 19.4. The summed E-state index contributed by atoms with van der Waals surface area (Å²) < 4.78 is 39.5. The minimum Gasteiger partial charge on any atom is -0.393 e. The average Bonchev–Trinajstić information content (AvgIpc) is 3.07. The van der Waals surface area contributed by atoms with Crippen molar-refractivity contribution >= 4 is 17.0 Å². The van der Waals surface area contributed by atoms with Crippen LogP contribution in [-0.2, 0) is 0 Å². The molecular weight excluding hydrogens is 393 g/mol. The van der Waals surface area contributed by atoms with Gasteiger partial charge < -0.3 is 15.0 Å². The Balaban J connectivity index is 1.71. The average molecular weight is 418 g/mol. The van der Waals surface area contributed by atoms with E-state index in [0.717, 1.165) is 47.8 Å². The standard InChI is InChI=1S/C22H25F3N4O/c1-14-2-4-15(5-3-14)19-13-29(16-6-8-17(30)9-7-16)20-18(19)12-27-21(28-20)26-11-10-22(23,24)25/h2-5,12-13,16-17,30H,6-11H2,1H3,(H,26,27,28)/t16-,17-. The molecule has 160 valence electrons. The van der Waals surface area contributed by atoms with Crippen LogP contribution in [0.25, 0.3) is 22.2 Å². The zero-order valence-electron chi connectivity index (χ0n) is 16.8. The first-order valence-corrected chi connectivity index (χ1v) is 10.2. The third-order valence-corrected chi connectivity index (χ3v) is 5.69. The smallest absolute Gasteiger partial charge is 0.390 e. The van der Waals surface area contributed by atoms with E-state index in [2.05, 4.69) is 38.2 Å². The predicted octanol–water partition coefficient (Wildman–Crippen LogP) is 5.25. The predicted molar refractivity (Wildman–Crippen MR) is 110 cm³/mol. The molecule has 0 atom stereocenters. The fourth-order valence-electron chi connectivity index (χ4n) is 4.01. The van der Waals surface area contributed by atoms with Crippen LogP contribution in [0.4, 0.5) is 19.1 Å². The van der Waals surface area contributed by atoms with Crippen molar-refractivity contribution in [2.45, 2.75) is 57.3 Å². The summed E-state index contributed by atoms with van der Waals surface area (Å²) in [6.07, 6.45) is 1.43. The first-order chi connectivity index (χ1) is 14.3. The Kier molecular flexibility index (Phi) is 5.69. The number of benzene rings is 1. The number of halogens is 3. The minimum absolute atomic E-state index is 0.188. The fraction of sp³-hybridized carbons (Fsp3) is 0.455. The van der Waals surface area contributed by atoms with Crippen molar-refractivity contribution in [3.05, 3.63) is 42.2 Å². The highest BCUT2D eigenvalue weighted by molar-refractivity contribution is 5.94. The van der Waals surface area contributed by atoms with Gasteiger partial charge >= 0.3 is 6.18 Å². The third kappa shape index (κ3) is 4.59. The Hall–Kier alpha value is -2.61. The van der Waals surface area contributed by atoms with Gasteiger partial charge in [0.25, 0.3) is 0 Å². The number of aryl methyl sites for hydroxylation is 1. The molecule has 2 N–H and O–H groups in total. The molecule has 0 spiro atoms. The highest BCUT2D eigenvalue weighted by Crippen LogP contribution is 2.36. The summed E-state index contributed by atoms with van der Waals surface area (Å²) in [5.41, 5.74) is 3.91. The van der Waals surface area contributed by atoms with Gasteiger partial charge in [0.15, 0.2) is 0 Å². The second-order valence-corrected chi connectivity index (χ2v) is 8.00. The molecular formula is C22H25F3N4O. The number of nitrogens with zero attached hydrogens (tertiary/aromatic N) is 3. The second-order valence-electron chi connectivity index (χ2n) is 8.00. The van der Waals surface area contributed by atoms with Crippen molar-refractivity contribution < 1.29 is 18.3 Å². The molecule has 30 heavy (non-hydrogen) atoms. The van der Waals surface area contributed by atoms with Gasteiger partial charge in [0.1, 0.15) is 5.65 Å². The van der Waals surface area contributed by atoms with Crippen molar-refractivity contribution in [2.75, 3.05) is 11.9 Å². The third-order valence-electron chi connectivity index (χ3n) is 5.69. The number of nitrogens with one attached hydrogen (secondary N) is 1. The Morgan fingerprint density at radius 1 is 1.13 bits per heavy atom. The van der Waals surface area contributed by atoms with Crippen molar-refractivity contribution in [1.29, 1.82) is 0 Å². The molecule has 1 aromatic carbocycles. The number of hydrogen-bond acceptors (Lipinski definition) is 4. The maximum Gasteiger partial charge on any atom is 0.390 e. The van der Waals surface area contributed by atoms with Gasteiger partial charge in [-0.3, -0.25) is 0 Å². The lowest BCUT2D eigenvalue weighted by Gasteiger charge is -2.27.